The lowest BCUT2D eigenvalue weighted by Crippen LogP contribution is -1.93. The van der Waals surface area contributed by atoms with Gasteiger partial charge in [-0.2, -0.15) is 0 Å². The average Bonchev–Trinajstić information content (AvgIpc) is 2.95. The summed E-state index contributed by atoms with van der Waals surface area (Å²) in [4.78, 5) is 11.8. The van der Waals surface area contributed by atoms with Gasteiger partial charge in [0.1, 0.15) is 11.6 Å². The molecule has 2 aromatic heterocycles. The summed E-state index contributed by atoms with van der Waals surface area (Å²) in [5.74, 6) is 0.629. The van der Waals surface area contributed by atoms with Crippen LogP contribution in [0.25, 0.3) is 11.0 Å². The average molecular weight is 276 g/mol. The number of halogens is 1. The van der Waals surface area contributed by atoms with Crippen molar-refractivity contribution in [2.24, 2.45) is 0 Å². The van der Waals surface area contributed by atoms with Gasteiger partial charge >= 0.3 is 0 Å². The number of nitrogen functional groups attached to an aromatic ring is 1. The molecule has 0 radical (unpaired) electrons. The number of nitrogens with two attached hydrogens (primary N) is 1. The Kier molecular flexibility index (Phi) is 3.16. The molecule has 3 aromatic rings. The van der Waals surface area contributed by atoms with Crippen molar-refractivity contribution in [3.8, 4) is 0 Å². The Morgan fingerprint density at radius 1 is 1.26 bits per heavy atom. The van der Waals surface area contributed by atoms with Gasteiger partial charge in [0.25, 0.3) is 0 Å². The summed E-state index contributed by atoms with van der Waals surface area (Å²) in [6.45, 7) is 0. The lowest BCUT2D eigenvalue weighted by Gasteiger charge is -1.95. The first-order chi connectivity index (χ1) is 9.20. The van der Waals surface area contributed by atoms with Crippen molar-refractivity contribution < 1.29 is 4.39 Å². The minimum absolute atomic E-state index is 0.249. The quantitative estimate of drug-likeness (QED) is 0.770. The molecule has 0 saturated carbocycles. The molecule has 6 heteroatoms. The standard InChI is InChI=1S/C13H13FN4S/c14-8-4-5-10-11(6-8)18-12(17-10)3-1-2-9-7-19-13(15)16-9/h4-7H,1-3H2,(H2,15,16)(H,17,18). The lowest BCUT2D eigenvalue weighted by atomic mass is 10.2. The molecule has 0 aliphatic carbocycles. The van der Waals surface area contributed by atoms with Gasteiger partial charge in [-0.15, -0.1) is 11.3 Å². The summed E-state index contributed by atoms with van der Waals surface area (Å²) >= 11 is 1.46. The molecule has 0 amide bonds. The predicted molar refractivity (Wildman–Crippen MR) is 74.6 cm³/mol. The first-order valence-corrected chi connectivity index (χ1v) is 6.93. The van der Waals surface area contributed by atoms with E-state index in [1.807, 2.05) is 5.38 Å². The molecular formula is C13H13FN4S. The van der Waals surface area contributed by atoms with Crippen molar-refractivity contribution in [1.82, 2.24) is 15.0 Å². The van der Waals surface area contributed by atoms with E-state index in [1.54, 1.807) is 6.07 Å². The third-order valence-corrected chi connectivity index (χ3v) is 3.63. The van der Waals surface area contributed by atoms with Crippen molar-refractivity contribution in [3.05, 3.63) is 40.9 Å². The van der Waals surface area contributed by atoms with Crippen LogP contribution in [0.15, 0.2) is 23.6 Å². The van der Waals surface area contributed by atoms with Crippen molar-refractivity contribution in [3.63, 3.8) is 0 Å². The molecule has 0 aliphatic heterocycles. The zero-order chi connectivity index (χ0) is 13.2. The molecule has 19 heavy (non-hydrogen) atoms. The van der Waals surface area contributed by atoms with Gasteiger partial charge < -0.3 is 10.7 Å². The van der Waals surface area contributed by atoms with Crippen molar-refractivity contribution in [1.29, 1.82) is 0 Å². The van der Waals surface area contributed by atoms with Crippen LogP contribution >= 0.6 is 11.3 Å². The van der Waals surface area contributed by atoms with Gasteiger partial charge in [-0.05, 0) is 31.0 Å². The molecule has 98 valence electrons. The molecule has 0 fully saturated rings. The zero-order valence-electron chi connectivity index (χ0n) is 10.2. The monoisotopic (exact) mass is 276 g/mol. The number of aromatic nitrogens is 3. The maximum Gasteiger partial charge on any atom is 0.180 e. The van der Waals surface area contributed by atoms with Gasteiger partial charge in [0.05, 0.1) is 16.7 Å². The molecule has 4 nitrogen and oxygen atoms in total. The van der Waals surface area contributed by atoms with Crippen LogP contribution in [0.1, 0.15) is 17.9 Å². The topological polar surface area (TPSA) is 67.6 Å². The number of H-pyrrole nitrogens is 1. The number of benzene rings is 1. The highest BCUT2D eigenvalue weighted by molar-refractivity contribution is 7.13. The van der Waals surface area contributed by atoms with Gasteiger partial charge in [0.2, 0.25) is 0 Å². The van der Waals surface area contributed by atoms with Crippen LogP contribution in [0.5, 0.6) is 0 Å². The fourth-order valence-electron chi connectivity index (χ4n) is 2.03. The number of thiazole rings is 1. The highest BCUT2D eigenvalue weighted by atomic mass is 32.1. The highest BCUT2D eigenvalue weighted by Crippen LogP contribution is 2.16. The number of imidazole rings is 1. The predicted octanol–water partition coefficient (Wildman–Crippen LogP) is 2.92. The van der Waals surface area contributed by atoms with E-state index in [-0.39, 0.29) is 5.82 Å². The number of nitrogens with one attached hydrogen (secondary N) is 1. The van der Waals surface area contributed by atoms with Crippen LogP contribution in [0.3, 0.4) is 0 Å². The van der Waals surface area contributed by atoms with Crippen LogP contribution in [0, 0.1) is 5.82 Å². The normalized spacial score (nSPS) is 11.2. The molecule has 3 N–H and O–H groups in total. The SMILES string of the molecule is Nc1nc(CCCc2nc3ccc(F)cc3[nH]2)cs1. The van der Waals surface area contributed by atoms with Crippen LogP contribution in [-0.2, 0) is 12.8 Å². The molecule has 0 atom stereocenters. The molecule has 2 heterocycles. The van der Waals surface area contributed by atoms with E-state index in [4.69, 9.17) is 5.73 Å². The minimum Gasteiger partial charge on any atom is -0.375 e. The van der Waals surface area contributed by atoms with E-state index in [1.165, 1.54) is 23.5 Å². The minimum atomic E-state index is -0.249. The summed E-state index contributed by atoms with van der Waals surface area (Å²) in [6, 6.07) is 4.57. The third kappa shape index (κ3) is 2.73. The fourth-order valence-corrected chi connectivity index (χ4v) is 2.62. The second kappa shape index (κ2) is 4.97. The number of rotatable bonds is 4. The molecule has 0 aliphatic rings. The van der Waals surface area contributed by atoms with Gasteiger partial charge in [0, 0.05) is 11.8 Å². The van der Waals surface area contributed by atoms with Crippen molar-refractivity contribution in [2.75, 3.05) is 5.73 Å². The van der Waals surface area contributed by atoms with Crippen LogP contribution in [0.4, 0.5) is 9.52 Å². The first-order valence-electron chi connectivity index (χ1n) is 6.05. The molecule has 0 saturated heterocycles. The maximum atomic E-state index is 13.1. The Morgan fingerprint density at radius 3 is 2.95 bits per heavy atom. The van der Waals surface area contributed by atoms with E-state index >= 15 is 0 Å². The maximum absolute atomic E-state index is 13.1. The molecular weight excluding hydrogens is 263 g/mol. The third-order valence-electron chi connectivity index (χ3n) is 2.91. The summed E-state index contributed by atoms with van der Waals surface area (Å²) in [7, 11) is 0. The number of nitrogens with zero attached hydrogens (tertiary/aromatic N) is 2. The van der Waals surface area contributed by atoms with E-state index in [0.717, 1.165) is 41.8 Å². The number of anilines is 1. The second-order valence-electron chi connectivity index (χ2n) is 4.38. The smallest absolute Gasteiger partial charge is 0.180 e. The Morgan fingerprint density at radius 2 is 2.16 bits per heavy atom. The first kappa shape index (κ1) is 12.1. The highest BCUT2D eigenvalue weighted by Gasteiger charge is 2.05. The Hall–Kier alpha value is -1.95. The number of hydrogen-bond donors (Lipinski definition) is 2. The Balaban J connectivity index is 1.65. The Labute approximate surface area is 113 Å². The number of aryl methyl sites for hydroxylation is 2. The molecule has 0 bridgehead atoms. The van der Waals surface area contributed by atoms with Crippen LogP contribution < -0.4 is 5.73 Å². The van der Waals surface area contributed by atoms with Crippen LogP contribution in [-0.4, -0.2) is 15.0 Å². The van der Waals surface area contributed by atoms with Gasteiger partial charge in [0.15, 0.2) is 5.13 Å². The van der Waals surface area contributed by atoms with E-state index in [9.17, 15) is 4.39 Å². The van der Waals surface area contributed by atoms with E-state index in [0.29, 0.717) is 5.13 Å². The Bertz CT molecular complexity index is 704. The molecule has 0 spiro atoms. The molecule has 0 unspecified atom stereocenters. The van der Waals surface area contributed by atoms with Crippen molar-refractivity contribution >= 4 is 27.5 Å². The van der Waals surface area contributed by atoms with E-state index < -0.39 is 0 Å². The van der Waals surface area contributed by atoms with E-state index in [2.05, 4.69) is 15.0 Å². The summed E-state index contributed by atoms with van der Waals surface area (Å²) in [5, 5.41) is 2.58. The van der Waals surface area contributed by atoms with Gasteiger partial charge in [-0.1, -0.05) is 0 Å². The number of fused-ring (bicyclic) bond motifs is 1. The zero-order valence-corrected chi connectivity index (χ0v) is 11.0. The number of hydrogen-bond acceptors (Lipinski definition) is 4. The largest absolute Gasteiger partial charge is 0.375 e. The van der Waals surface area contributed by atoms with Crippen molar-refractivity contribution in [2.45, 2.75) is 19.3 Å². The summed E-state index contributed by atoms with van der Waals surface area (Å²) in [5.41, 5.74) is 8.14. The fraction of sp³-hybridized carbons (Fsp3) is 0.231. The summed E-state index contributed by atoms with van der Waals surface area (Å²) < 4.78 is 13.1. The van der Waals surface area contributed by atoms with Gasteiger partial charge in [-0.3, -0.25) is 0 Å². The molecule has 3 rings (SSSR count). The lowest BCUT2D eigenvalue weighted by molar-refractivity contribution is 0.629. The van der Waals surface area contributed by atoms with Gasteiger partial charge in [-0.25, -0.2) is 14.4 Å². The van der Waals surface area contributed by atoms with Crippen LogP contribution in [0.2, 0.25) is 0 Å². The molecule has 1 aromatic carbocycles. The number of aromatic amines is 1. The second-order valence-corrected chi connectivity index (χ2v) is 5.27. The summed E-state index contributed by atoms with van der Waals surface area (Å²) in [6.07, 6.45) is 2.62.